The monoisotopic (exact) mass is 430 g/mol. The fourth-order valence-electron chi connectivity index (χ4n) is 3.30. The number of methoxy groups -OCH3 is 1. The molecule has 9 heteroatoms. The number of nitrogens with one attached hydrogen (secondary N) is 1. The average molecular weight is 430 g/mol. The Morgan fingerprint density at radius 3 is 2.81 bits per heavy atom. The lowest BCUT2D eigenvalue weighted by molar-refractivity contribution is 0.102. The number of carbonyl (C=O) groups excluding carboxylic acids is 1. The van der Waals surface area contributed by atoms with E-state index in [9.17, 15) is 14.0 Å². The smallest absolute Gasteiger partial charge is 0.349 e. The van der Waals surface area contributed by atoms with Crippen molar-refractivity contribution in [3.05, 3.63) is 88.7 Å². The highest BCUT2D eigenvalue weighted by Gasteiger charge is 2.17. The molecule has 0 aliphatic carbocycles. The van der Waals surface area contributed by atoms with Crippen molar-refractivity contribution in [3.8, 4) is 17.1 Å². The first-order valence-electron chi connectivity index (χ1n) is 9.56. The lowest BCUT2D eigenvalue weighted by atomic mass is 10.1. The second kappa shape index (κ2) is 7.62. The molecule has 0 fully saturated rings. The van der Waals surface area contributed by atoms with E-state index in [0.29, 0.717) is 33.8 Å². The van der Waals surface area contributed by atoms with Crippen molar-refractivity contribution in [2.24, 2.45) is 0 Å². The number of nitrogens with zero attached hydrogens (tertiary/aromatic N) is 3. The van der Waals surface area contributed by atoms with Crippen molar-refractivity contribution < 1.29 is 18.3 Å². The minimum Gasteiger partial charge on any atom is -0.480 e. The number of amides is 1. The number of hydrogen-bond acceptors (Lipinski definition) is 6. The lowest BCUT2D eigenvalue weighted by Gasteiger charge is -2.08. The number of benzene rings is 2. The topological polar surface area (TPSA) is 98.7 Å². The standard InChI is InChI=1S/C23H15FN4O4/c1-31-21-9-8-20-25-18(12-28(20)27-21)13-6-7-16(24)17(11-13)26-22(29)15-10-14-4-2-3-5-19(14)32-23(15)30/h2-12H,1H3,(H,26,29). The van der Waals surface area contributed by atoms with Crippen molar-refractivity contribution in [3.63, 3.8) is 0 Å². The molecule has 0 bridgehead atoms. The second-order valence-electron chi connectivity index (χ2n) is 6.94. The summed E-state index contributed by atoms with van der Waals surface area (Å²) in [5.41, 5.74) is 0.880. The molecular weight excluding hydrogens is 415 g/mol. The van der Waals surface area contributed by atoms with Gasteiger partial charge in [0.15, 0.2) is 5.65 Å². The van der Waals surface area contributed by atoms with E-state index in [0.717, 1.165) is 0 Å². The van der Waals surface area contributed by atoms with E-state index < -0.39 is 17.3 Å². The molecule has 158 valence electrons. The van der Waals surface area contributed by atoms with E-state index in [-0.39, 0.29) is 11.3 Å². The number of halogens is 1. The van der Waals surface area contributed by atoms with Gasteiger partial charge in [0.1, 0.15) is 17.0 Å². The molecule has 0 radical (unpaired) electrons. The molecule has 0 aliphatic heterocycles. The van der Waals surface area contributed by atoms with Gasteiger partial charge >= 0.3 is 5.63 Å². The SMILES string of the molecule is COc1ccc2nc(-c3ccc(F)c(NC(=O)c4cc5ccccc5oc4=O)c3)cn2n1. The van der Waals surface area contributed by atoms with E-state index in [1.807, 2.05) is 0 Å². The van der Waals surface area contributed by atoms with Crippen LogP contribution in [0.1, 0.15) is 10.4 Å². The summed E-state index contributed by atoms with van der Waals surface area (Å²) in [6.07, 6.45) is 1.66. The highest BCUT2D eigenvalue weighted by Crippen LogP contribution is 2.25. The quantitative estimate of drug-likeness (QED) is 0.434. The Morgan fingerprint density at radius 1 is 1.12 bits per heavy atom. The summed E-state index contributed by atoms with van der Waals surface area (Å²) in [5, 5.41) is 7.28. The van der Waals surface area contributed by atoms with E-state index >= 15 is 0 Å². The zero-order valence-corrected chi connectivity index (χ0v) is 16.7. The highest BCUT2D eigenvalue weighted by atomic mass is 19.1. The summed E-state index contributed by atoms with van der Waals surface area (Å²) in [4.78, 5) is 29.4. The summed E-state index contributed by atoms with van der Waals surface area (Å²) in [5.74, 6) is -1.01. The summed E-state index contributed by atoms with van der Waals surface area (Å²) < 4.78 is 26.3. The van der Waals surface area contributed by atoms with E-state index in [4.69, 9.17) is 9.15 Å². The maximum absolute atomic E-state index is 14.4. The van der Waals surface area contributed by atoms with Crippen molar-refractivity contribution >= 4 is 28.2 Å². The van der Waals surface area contributed by atoms with Gasteiger partial charge in [-0.2, -0.15) is 0 Å². The Hall–Kier alpha value is -4.53. The number of aromatic nitrogens is 3. The molecule has 1 N–H and O–H groups in total. The Labute approximate surface area is 179 Å². The van der Waals surface area contributed by atoms with Crippen LogP contribution in [0.2, 0.25) is 0 Å². The summed E-state index contributed by atoms with van der Waals surface area (Å²) in [7, 11) is 1.51. The van der Waals surface area contributed by atoms with Gasteiger partial charge in [0.25, 0.3) is 5.91 Å². The molecular formula is C23H15FN4O4. The second-order valence-corrected chi connectivity index (χ2v) is 6.94. The first-order valence-corrected chi connectivity index (χ1v) is 9.56. The Balaban J connectivity index is 1.49. The first-order chi connectivity index (χ1) is 15.5. The number of carbonyl (C=O) groups is 1. The number of ether oxygens (including phenoxy) is 1. The zero-order valence-electron chi connectivity index (χ0n) is 16.7. The predicted molar refractivity (Wildman–Crippen MR) is 115 cm³/mol. The van der Waals surface area contributed by atoms with E-state index in [1.165, 1.54) is 35.9 Å². The van der Waals surface area contributed by atoms with Crippen molar-refractivity contribution in [1.29, 1.82) is 0 Å². The Bertz CT molecular complexity index is 1560. The fourth-order valence-corrected chi connectivity index (χ4v) is 3.30. The van der Waals surface area contributed by atoms with Crippen LogP contribution in [-0.2, 0) is 0 Å². The molecule has 8 nitrogen and oxygen atoms in total. The minimum atomic E-state index is -0.807. The number of rotatable bonds is 4. The predicted octanol–water partition coefficient (Wildman–Crippen LogP) is 3.90. The third kappa shape index (κ3) is 3.45. The van der Waals surface area contributed by atoms with Gasteiger partial charge in [-0.15, -0.1) is 5.10 Å². The van der Waals surface area contributed by atoms with Gasteiger partial charge in [0.05, 0.1) is 24.7 Å². The molecule has 32 heavy (non-hydrogen) atoms. The molecule has 5 rings (SSSR count). The summed E-state index contributed by atoms with van der Waals surface area (Å²) >= 11 is 0. The highest BCUT2D eigenvalue weighted by molar-refractivity contribution is 6.05. The molecule has 2 aromatic carbocycles. The fraction of sp³-hybridized carbons (Fsp3) is 0.0435. The van der Waals surface area contributed by atoms with Gasteiger partial charge < -0.3 is 14.5 Å². The molecule has 0 spiro atoms. The van der Waals surface area contributed by atoms with Crippen LogP contribution in [0.5, 0.6) is 5.88 Å². The molecule has 3 heterocycles. The molecule has 0 saturated carbocycles. The Morgan fingerprint density at radius 2 is 1.97 bits per heavy atom. The van der Waals surface area contributed by atoms with Crippen LogP contribution in [-0.4, -0.2) is 27.6 Å². The third-order valence-corrected chi connectivity index (χ3v) is 4.90. The lowest BCUT2D eigenvalue weighted by Crippen LogP contribution is -2.21. The molecule has 1 amide bonds. The molecule has 0 atom stereocenters. The van der Waals surface area contributed by atoms with Crippen LogP contribution in [0, 0.1) is 5.82 Å². The first kappa shape index (κ1) is 19.4. The van der Waals surface area contributed by atoms with Gasteiger partial charge in [-0.1, -0.05) is 18.2 Å². The maximum atomic E-state index is 14.4. The van der Waals surface area contributed by atoms with Crippen LogP contribution in [0.15, 0.2) is 76.1 Å². The van der Waals surface area contributed by atoms with Crippen molar-refractivity contribution in [1.82, 2.24) is 14.6 Å². The number of fused-ring (bicyclic) bond motifs is 2. The Kier molecular flexibility index (Phi) is 4.63. The minimum absolute atomic E-state index is 0.0948. The third-order valence-electron chi connectivity index (χ3n) is 4.90. The molecule has 0 unspecified atom stereocenters. The van der Waals surface area contributed by atoms with Crippen molar-refractivity contribution in [2.75, 3.05) is 12.4 Å². The van der Waals surface area contributed by atoms with Gasteiger partial charge in [-0.25, -0.2) is 18.7 Å². The number of hydrogen-bond donors (Lipinski definition) is 1. The van der Waals surface area contributed by atoms with Gasteiger partial charge in [0, 0.05) is 17.0 Å². The van der Waals surface area contributed by atoms with Gasteiger partial charge in [-0.05, 0) is 36.4 Å². The normalized spacial score (nSPS) is 11.1. The summed E-state index contributed by atoms with van der Waals surface area (Å²) in [6.45, 7) is 0. The largest absolute Gasteiger partial charge is 0.480 e. The average Bonchev–Trinajstić information content (AvgIpc) is 3.23. The zero-order chi connectivity index (χ0) is 22.2. The van der Waals surface area contributed by atoms with E-state index in [2.05, 4.69) is 15.4 Å². The van der Waals surface area contributed by atoms with Crippen LogP contribution in [0.25, 0.3) is 27.9 Å². The molecule has 3 aromatic heterocycles. The number of anilines is 1. The van der Waals surface area contributed by atoms with Crippen LogP contribution >= 0.6 is 0 Å². The van der Waals surface area contributed by atoms with E-state index in [1.54, 1.807) is 42.6 Å². The molecule has 0 saturated heterocycles. The van der Waals surface area contributed by atoms with Crippen molar-refractivity contribution in [2.45, 2.75) is 0 Å². The maximum Gasteiger partial charge on any atom is 0.349 e. The van der Waals surface area contributed by atoms with Crippen LogP contribution < -0.4 is 15.7 Å². The summed E-state index contributed by atoms with van der Waals surface area (Å²) in [6, 6.07) is 15.8. The number of imidazole rings is 1. The van der Waals surface area contributed by atoms with Gasteiger partial charge in [0.2, 0.25) is 5.88 Å². The van der Waals surface area contributed by atoms with Crippen LogP contribution in [0.3, 0.4) is 0 Å². The number of para-hydroxylation sites is 1. The molecule has 5 aromatic rings. The van der Waals surface area contributed by atoms with Crippen LogP contribution in [0.4, 0.5) is 10.1 Å². The van der Waals surface area contributed by atoms with Gasteiger partial charge in [-0.3, -0.25) is 4.79 Å². The molecule has 0 aliphatic rings.